The van der Waals surface area contributed by atoms with Crippen LogP contribution in [0, 0.1) is 5.82 Å². The lowest BCUT2D eigenvalue weighted by atomic mass is 10.1. The number of aliphatic carboxylic acids is 1. The predicted octanol–water partition coefficient (Wildman–Crippen LogP) is 2.54. The predicted molar refractivity (Wildman–Crippen MR) is 75.3 cm³/mol. The van der Waals surface area contributed by atoms with Crippen LogP contribution >= 0.6 is 0 Å². The van der Waals surface area contributed by atoms with Crippen LogP contribution in [0.3, 0.4) is 0 Å². The van der Waals surface area contributed by atoms with Crippen molar-refractivity contribution in [1.29, 1.82) is 0 Å². The fraction of sp³-hybridized carbons (Fsp3) is 0.400. The van der Waals surface area contributed by atoms with E-state index in [0.29, 0.717) is 24.8 Å². The molecule has 0 atom stereocenters. The number of nitrogens with zero attached hydrogens (tertiary/aromatic N) is 1. The molecule has 1 aliphatic rings. The first-order valence-electron chi connectivity index (χ1n) is 6.58. The second-order valence-electron chi connectivity index (χ2n) is 4.76. The molecule has 0 unspecified atom stereocenters. The van der Waals surface area contributed by atoms with Gasteiger partial charge in [0, 0.05) is 37.0 Å². The van der Waals surface area contributed by atoms with Crippen LogP contribution in [0.1, 0.15) is 18.4 Å². The number of halogens is 1. The molecule has 0 bridgehead atoms. The van der Waals surface area contributed by atoms with E-state index in [9.17, 15) is 9.18 Å². The van der Waals surface area contributed by atoms with Crippen LogP contribution in [0.5, 0.6) is 0 Å². The van der Waals surface area contributed by atoms with Crippen molar-refractivity contribution in [2.24, 2.45) is 0 Å². The van der Waals surface area contributed by atoms with Gasteiger partial charge in [-0.2, -0.15) is 0 Å². The van der Waals surface area contributed by atoms with Crippen molar-refractivity contribution in [3.63, 3.8) is 0 Å². The van der Waals surface area contributed by atoms with Gasteiger partial charge in [0.1, 0.15) is 5.82 Å². The fourth-order valence-electron chi connectivity index (χ4n) is 2.17. The first-order chi connectivity index (χ1) is 9.63. The van der Waals surface area contributed by atoms with Gasteiger partial charge in [-0.3, -0.25) is 0 Å². The van der Waals surface area contributed by atoms with Gasteiger partial charge in [-0.05, 0) is 31.1 Å². The lowest BCUT2D eigenvalue weighted by Crippen LogP contribution is -2.30. The molecule has 0 aliphatic heterocycles. The van der Waals surface area contributed by atoms with E-state index in [1.807, 2.05) is 6.07 Å². The molecule has 0 aromatic heterocycles. The largest absolute Gasteiger partial charge is 0.478 e. The van der Waals surface area contributed by atoms with Gasteiger partial charge in [0.25, 0.3) is 0 Å². The Bertz CT molecular complexity index is 512. The molecule has 1 aliphatic carbocycles. The number of rotatable bonds is 7. The van der Waals surface area contributed by atoms with Gasteiger partial charge in [0.2, 0.25) is 0 Å². The fourth-order valence-corrected chi connectivity index (χ4v) is 2.17. The second-order valence-corrected chi connectivity index (χ2v) is 4.76. The Morgan fingerprint density at radius 2 is 2.30 bits per heavy atom. The van der Waals surface area contributed by atoms with Crippen LogP contribution in [0.25, 0.3) is 6.08 Å². The monoisotopic (exact) mass is 279 g/mol. The van der Waals surface area contributed by atoms with Gasteiger partial charge in [-0.15, -0.1) is 0 Å². The van der Waals surface area contributed by atoms with E-state index in [-0.39, 0.29) is 0 Å². The first kappa shape index (κ1) is 14.5. The van der Waals surface area contributed by atoms with Crippen molar-refractivity contribution < 1.29 is 19.0 Å². The molecule has 1 aromatic rings. The molecule has 0 amide bonds. The molecule has 2 rings (SSSR count). The Kier molecular flexibility index (Phi) is 4.74. The smallest absolute Gasteiger partial charge is 0.328 e. The number of methoxy groups -OCH3 is 1. The van der Waals surface area contributed by atoms with Crippen LogP contribution in [0.15, 0.2) is 24.3 Å². The Morgan fingerprint density at radius 3 is 2.90 bits per heavy atom. The van der Waals surface area contributed by atoms with E-state index in [2.05, 4.69) is 4.90 Å². The third-order valence-corrected chi connectivity index (χ3v) is 3.26. The van der Waals surface area contributed by atoms with Crippen LogP contribution in [0.4, 0.5) is 10.1 Å². The molecule has 5 heteroatoms. The van der Waals surface area contributed by atoms with Gasteiger partial charge in [0.15, 0.2) is 0 Å². The van der Waals surface area contributed by atoms with Crippen LogP contribution in [0.2, 0.25) is 0 Å². The molecule has 0 saturated heterocycles. The Labute approximate surface area is 117 Å². The Morgan fingerprint density at radius 1 is 1.55 bits per heavy atom. The topological polar surface area (TPSA) is 49.8 Å². The molecule has 1 saturated carbocycles. The summed E-state index contributed by atoms with van der Waals surface area (Å²) in [6.07, 6.45) is 4.42. The molecule has 20 heavy (non-hydrogen) atoms. The maximum atomic E-state index is 14.0. The summed E-state index contributed by atoms with van der Waals surface area (Å²) in [5.74, 6) is -1.50. The molecule has 0 radical (unpaired) electrons. The van der Waals surface area contributed by atoms with E-state index >= 15 is 0 Å². The molecule has 4 nitrogen and oxygen atoms in total. The van der Waals surface area contributed by atoms with Crippen molar-refractivity contribution in [2.75, 3.05) is 25.2 Å². The normalized spacial score (nSPS) is 14.7. The van der Waals surface area contributed by atoms with E-state index in [1.165, 1.54) is 12.1 Å². The lowest BCUT2D eigenvalue weighted by molar-refractivity contribution is -0.131. The summed E-state index contributed by atoms with van der Waals surface area (Å²) in [5, 5.41) is 8.72. The van der Waals surface area contributed by atoms with Crippen LogP contribution in [-0.4, -0.2) is 37.4 Å². The SMILES string of the molecule is COCCN(c1cccc(F)c1/C=C/C(=O)O)C1CC1. The maximum absolute atomic E-state index is 14.0. The number of ether oxygens (including phenoxy) is 1. The summed E-state index contributed by atoms with van der Waals surface area (Å²) in [6, 6.07) is 5.19. The van der Waals surface area contributed by atoms with Crippen LogP contribution < -0.4 is 4.90 Å². The van der Waals surface area contributed by atoms with Gasteiger partial charge in [-0.1, -0.05) is 6.07 Å². The molecule has 0 heterocycles. The highest BCUT2D eigenvalue weighted by atomic mass is 19.1. The number of anilines is 1. The number of hydrogen-bond donors (Lipinski definition) is 1. The third-order valence-electron chi connectivity index (χ3n) is 3.26. The van der Waals surface area contributed by atoms with Crippen molar-refractivity contribution in [3.8, 4) is 0 Å². The van der Waals surface area contributed by atoms with Gasteiger partial charge < -0.3 is 14.7 Å². The highest BCUT2D eigenvalue weighted by Crippen LogP contribution is 2.34. The Hall–Kier alpha value is -1.88. The second kappa shape index (κ2) is 6.52. The number of carboxylic acid groups (broad SMARTS) is 1. The molecule has 1 fully saturated rings. The first-order valence-corrected chi connectivity index (χ1v) is 6.58. The van der Waals surface area contributed by atoms with E-state index in [0.717, 1.165) is 24.6 Å². The van der Waals surface area contributed by atoms with Crippen molar-refractivity contribution in [3.05, 3.63) is 35.7 Å². The zero-order valence-electron chi connectivity index (χ0n) is 11.4. The average Bonchev–Trinajstić information content (AvgIpc) is 3.22. The number of benzene rings is 1. The minimum absolute atomic E-state index is 0.318. The molecule has 1 N–H and O–H groups in total. The lowest BCUT2D eigenvalue weighted by Gasteiger charge is -2.26. The van der Waals surface area contributed by atoms with Gasteiger partial charge >= 0.3 is 5.97 Å². The van der Waals surface area contributed by atoms with Crippen molar-refractivity contribution in [2.45, 2.75) is 18.9 Å². The van der Waals surface area contributed by atoms with Crippen LogP contribution in [-0.2, 0) is 9.53 Å². The molecule has 1 aromatic carbocycles. The molecular weight excluding hydrogens is 261 g/mol. The summed E-state index contributed by atoms with van der Waals surface area (Å²) in [4.78, 5) is 12.7. The van der Waals surface area contributed by atoms with Crippen molar-refractivity contribution in [1.82, 2.24) is 0 Å². The molecular formula is C15H18FNO3. The van der Waals surface area contributed by atoms with E-state index in [4.69, 9.17) is 9.84 Å². The van der Waals surface area contributed by atoms with E-state index in [1.54, 1.807) is 13.2 Å². The third kappa shape index (κ3) is 3.57. The highest BCUT2D eigenvalue weighted by molar-refractivity contribution is 5.87. The number of carboxylic acids is 1. The quantitative estimate of drug-likeness (QED) is 0.779. The standard InChI is InChI=1S/C15H18FNO3/c1-20-10-9-17(11-5-6-11)14-4-2-3-13(16)12(14)7-8-15(18)19/h2-4,7-8,11H,5-6,9-10H2,1H3,(H,18,19)/b8-7+. The summed E-state index contributed by atoms with van der Waals surface area (Å²) < 4.78 is 19.1. The minimum Gasteiger partial charge on any atom is -0.478 e. The van der Waals surface area contributed by atoms with Gasteiger partial charge in [0.05, 0.1) is 6.61 Å². The summed E-state index contributed by atoms with van der Waals surface area (Å²) in [7, 11) is 1.63. The summed E-state index contributed by atoms with van der Waals surface area (Å²) in [6.45, 7) is 1.22. The maximum Gasteiger partial charge on any atom is 0.328 e. The number of hydrogen-bond acceptors (Lipinski definition) is 3. The summed E-state index contributed by atoms with van der Waals surface area (Å²) in [5.41, 5.74) is 1.04. The molecule has 0 spiro atoms. The zero-order chi connectivity index (χ0) is 14.5. The highest BCUT2D eigenvalue weighted by Gasteiger charge is 2.30. The van der Waals surface area contributed by atoms with Gasteiger partial charge in [-0.25, -0.2) is 9.18 Å². The minimum atomic E-state index is -1.09. The average molecular weight is 279 g/mol. The zero-order valence-corrected chi connectivity index (χ0v) is 11.4. The number of carbonyl (C=O) groups is 1. The Balaban J connectivity index is 2.32. The summed E-state index contributed by atoms with van der Waals surface area (Å²) >= 11 is 0. The van der Waals surface area contributed by atoms with E-state index < -0.39 is 11.8 Å². The van der Waals surface area contributed by atoms with Crippen molar-refractivity contribution >= 4 is 17.7 Å². The molecule has 108 valence electrons.